The number of carbonyl (C=O) groups excluding carboxylic acids is 3. The van der Waals surface area contributed by atoms with Gasteiger partial charge in [-0.2, -0.15) is 0 Å². The third-order valence-electron chi connectivity index (χ3n) is 3.50. The summed E-state index contributed by atoms with van der Waals surface area (Å²) in [4.78, 5) is 36.1. The van der Waals surface area contributed by atoms with E-state index in [-0.39, 0.29) is 31.1 Å². The lowest BCUT2D eigenvalue weighted by Gasteiger charge is -2.25. The quantitative estimate of drug-likeness (QED) is 0.713. The van der Waals surface area contributed by atoms with Crippen molar-refractivity contribution in [2.24, 2.45) is 5.92 Å². The Bertz CT molecular complexity index is 604. The third-order valence-corrected chi connectivity index (χ3v) is 3.50. The van der Waals surface area contributed by atoms with Gasteiger partial charge in [0, 0.05) is 6.42 Å². The summed E-state index contributed by atoms with van der Waals surface area (Å²) in [5, 5.41) is 2.59. The van der Waals surface area contributed by atoms with Crippen LogP contribution < -0.4 is 5.32 Å². The predicted octanol–water partition coefficient (Wildman–Crippen LogP) is 3.63. The summed E-state index contributed by atoms with van der Waals surface area (Å²) in [7, 11) is 0. The minimum absolute atomic E-state index is 0.00622. The van der Waals surface area contributed by atoms with Gasteiger partial charge in [-0.15, -0.1) is 0 Å². The first-order valence-electron chi connectivity index (χ1n) is 8.80. The Hall–Kier alpha value is -2.37. The van der Waals surface area contributed by atoms with E-state index in [0.717, 1.165) is 5.56 Å². The van der Waals surface area contributed by atoms with E-state index in [1.807, 2.05) is 44.2 Å². The van der Waals surface area contributed by atoms with Crippen LogP contribution in [-0.4, -0.2) is 29.5 Å². The van der Waals surface area contributed by atoms with Crippen molar-refractivity contribution in [3.8, 4) is 0 Å². The fourth-order valence-corrected chi connectivity index (χ4v) is 2.24. The molecule has 0 heterocycles. The first kappa shape index (κ1) is 21.7. The molecular formula is C20H29NO5. The number of esters is 1. The standard InChI is InChI=1S/C20H29NO5/c1-14(2)18(21-19(24)26-20(3,4)5)16(22)11-12-17(23)25-13-15-9-7-6-8-10-15/h6-10,14,18H,11-13H2,1-5H3,(H,21,24)/t18-/m0/s1. The van der Waals surface area contributed by atoms with E-state index in [1.165, 1.54) is 0 Å². The smallest absolute Gasteiger partial charge is 0.408 e. The maximum Gasteiger partial charge on any atom is 0.408 e. The molecule has 1 aromatic carbocycles. The average molecular weight is 363 g/mol. The van der Waals surface area contributed by atoms with Crippen LogP contribution >= 0.6 is 0 Å². The molecule has 0 saturated heterocycles. The van der Waals surface area contributed by atoms with Crippen molar-refractivity contribution >= 4 is 17.8 Å². The lowest BCUT2D eigenvalue weighted by atomic mass is 9.97. The molecule has 0 aliphatic rings. The molecule has 0 aromatic heterocycles. The first-order valence-corrected chi connectivity index (χ1v) is 8.80. The van der Waals surface area contributed by atoms with Crippen molar-refractivity contribution in [3.63, 3.8) is 0 Å². The molecule has 0 aliphatic heterocycles. The molecule has 0 bridgehead atoms. The van der Waals surface area contributed by atoms with Crippen molar-refractivity contribution in [1.82, 2.24) is 5.32 Å². The second kappa shape index (κ2) is 9.94. The predicted molar refractivity (Wildman–Crippen MR) is 98.5 cm³/mol. The van der Waals surface area contributed by atoms with Gasteiger partial charge in [0.05, 0.1) is 12.5 Å². The van der Waals surface area contributed by atoms with Gasteiger partial charge in [-0.3, -0.25) is 9.59 Å². The monoisotopic (exact) mass is 363 g/mol. The molecule has 0 spiro atoms. The second-order valence-corrected chi connectivity index (χ2v) is 7.48. The topological polar surface area (TPSA) is 81.7 Å². The van der Waals surface area contributed by atoms with Crippen LogP contribution in [0.2, 0.25) is 0 Å². The number of Topliss-reactive ketones (excluding diaryl/α,β-unsaturated/α-hetero) is 1. The molecule has 1 N–H and O–H groups in total. The van der Waals surface area contributed by atoms with Gasteiger partial charge < -0.3 is 14.8 Å². The lowest BCUT2D eigenvalue weighted by molar-refractivity contribution is -0.146. The Labute approximate surface area is 155 Å². The maximum absolute atomic E-state index is 12.4. The van der Waals surface area contributed by atoms with Crippen LogP contribution in [0.1, 0.15) is 53.0 Å². The van der Waals surface area contributed by atoms with Gasteiger partial charge >= 0.3 is 12.1 Å². The molecule has 1 rings (SSSR count). The molecule has 6 heteroatoms. The number of ether oxygens (including phenoxy) is 2. The zero-order valence-corrected chi connectivity index (χ0v) is 16.2. The van der Waals surface area contributed by atoms with Gasteiger partial charge in [-0.25, -0.2) is 4.79 Å². The molecule has 6 nitrogen and oxygen atoms in total. The molecule has 1 amide bonds. The highest BCUT2D eigenvalue weighted by Gasteiger charge is 2.27. The van der Waals surface area contributed by atoms with Crippen molar-refractivity contribution in [1.29, 1.82) is 0 Å². The number of rotatable bonds is 8. The second-order valence-electron chi connectivity index (χ2n) is 7.48. The number of hydrogen-bond acceptors (Lipinski definition) is 5. The van der Waals surface area contributed by atoms with E-state index in [1.54, 1.807) is 20.8 Å². The van der Waals surface area contributed by atoms with E-state index in [2.05, 4.69) is 5.32 Å². The van der Waals surface area contributed by atoms with E-state index >= 15 is 0 Å². The van der Waals surface area contributed by atoms with Crippen molar-refractivity contribution in [2.45, 2.75) is 65.7 Å². The van der Waals surface area contributed by atoms with Crippen molar-refractivity contribution in [2.75, 3.05) is 0 Å². The lowest BCUT2D eigenvalue weighted by Crippen LogP contribution is -2.46. The Kier molecular flexibility index (Phi) is 8.29. The van der Waals surface area contributed by atoms with Crippen LogP contribution in [0.5, 0.6) is 0 Å². The number of amides is 1. The van der Waals surface area contributed by atoms with Crippen LogP contribution in [-0.2, 0) is 25.7 Å². The highest BCUT2D eigenvalue weighted by atomic mass is 16.6. The normalized spacial score (nSPS) is 12.4. The zero-order valence-electron chi connectivity index (χ0n) is 16.2. The Morgan fingerprint density at radius 2 is 1.65 bits per heavy atom. The summed E-state index contributed by atoms with van der Waals surface area (Å²) in [5.74, 6) is -0.778. The van der Waals surface area contributed by atoms with Gasteiger partial charge in [0.15, 0.2) is 5.78 Å². The average Bonchev–Trinajstić information content (AvgIpc) is 2.54. The Balaban J connectivity index is 2.46. The molecule has 0 saturated carbocycles. The van der Waals surface area contributed by atoms with Gasteiger partial charge in [-0.1, -0.05) is 44.2 Å². The summed E-state index contributed by atoms with van der Waals surface area (Å²) in [6.07, 6.45) is -0.659. The number of benzene rings is 1. The van der Waals surface area contributed by atoms with E-state index in [4.69, 9.17) is 9.47 Å². The molecule has 26 heavy (non-hydrogen) atoms. The SMILES string of the molecule is CC(C)[C@H](NC(=O)OC(C)(C)C)C(=O)CCC(=O)OCc1ccccc1. The summed E-state index contributed by atoms with van der Waals surface area (Å²) in [5.41, 5.74) is 0.245. The highest BCUT2D eigenvalue weighted by Crippen LogP contribution is 2.11. The number of hydrogen-bond donors (Lipinski definition) is 1. The highest BCUT2D eigenvalue weighted by molar-refractivity contribution is 5.89. The molecule has 0 aliphatic carbocycles. The molecule has 144 valence electrons. The van der Waals surface area contributed by atoms with Crippen LogP contribution in [0.3, 0.4) is 0 Å². The van der Waals surface area contributed by atoms with Crippen LogP contribution in [0.4, 0.5) is 4.79 Å². The van der Waals surface area contributed by atoms with Gasteiger partial charge in [-0.05, 0) is 32.3 Å². The molecule has 0 fully saturated rings. The zero-order chi connectivity index (χ0) is 19.7. The van der Waals surface area contributed by atoms with E-state index < -0.39 is 23.7 Å². The van der Waals surface area contributed by atoms with Gasteiger partial charge in [0.1, 0.15) is 12.2 Å². The summed E-state index contributed by atoms with van der Waals surface area (Å²) >= 11 is 0. The first-order chi connectivity index (χ1) is 12.1. The Morgan fingerprint density at radius 1 is 1.04 bits per heavy atom. The minimum Gasteiger partial charge on any atom is -0.461 e. The summed E-state index contributed by atoms with van der Waals surface area (Å²) in [6, 6.07) is 8.63. The summed E-state index contributed by atoms with van der Waals surface area (Å²) in [6.45, 7) is 9.09. The third kappa shape index (κ3) is 8.65. The van der Waals surface area contributed by atoms with E-state index in [0.29, 0.717) is 0 Å². The molecule has 1 atom stereocenters. The van der Waals surface area contributed by atoms with Crippen molar-refractivity contribution in [3.05, 3.63) is 35.9 Å². The Morgan fingerprint density at radius 3 is 2.19 bits per heavy atom. The fraction of sp³-hybridized carbons (Fsp3) is 0.550. The number of ketones is 1. The van der Waals surface area contributed by atoms with Gasteiger partial charge in [0.25, 0.3) is 0 Å². The van der Waals surface area contributed by atoms with E-state index in [9.17, 15) is 14.4 Å². The van der Waals surface area contributed by atoms with Crippen LogP contribution in [0, 0.1) is 5.92 Å². The minimum atomic E-state index is -0.702. The number of alkyl carbamates (subject to hydrolysis) is 1. The molecule has 1 aromatic rings. The molecular weight excluding hydrogens is 334 g/mol. The number of carbonyl (C=O) groups is 3. The maximum atomic E-state index is 12.4. The van der Waals surface area contributed by atoms with Gasteiger partial charge in [0.2, 0.25) is 0 Å². The molecule has 0 unspecified atom stereocenters. The fourth-order valence-electron chi connectivity index (χ4n) is 2.24. The number of nitrogens with one attached hydrogen (secondary N) is 1. The largest absolute Gasteiger partial charge is 0.461 e. The summed E-state index contributed by atoms with van der Waals surface area (Å²) < 4.78 is 10.4. The van der Waals surface area contributed by atoms with Crippen molar-refractivity contribution < 1.29 is 23.9 Å². The molecule has 0 radical (unpaired) electrons. The van der Waals surface area contributed by atoms with Crippen LogP contribution in [0.25, 0.3) is 0 Å². The van der Waals surface area contributed by atoms with Crippen LogP contribution in [0.15, 0.2) is 30.3 Å².